The lowest BCUT2D eigenvalue weighted by Crippen LogP contribution is -2.47. The van der Waals surface area contributed by atoms with Crippen LogP contribution in [0.2, 0.25) is 0 Å². The number of benzene rings is 2. The smallest absolute Gasteiger partial charge is 0.224 e. The zero-order valence-electron chi connectivity index (χ0n) is 19.6. The first-order chi connectivity index (χ1) is 15.6. The van der Waals surface area contributed by atoms with E-state index in [0.717, 1.165) is 64.5 Å². The first-order valence-electron chi connectivity index (χ1n) is 12.4. The van der Waals surface area contributed by atoms with E-state index in [2.05, 4.69) is 70.9 Å². The minimum atomic E-state index is -0.347. The molecule has 4 nitrogen and oxygen atoms in total. The van der Waals surface area contributed by atoms with Crippen molar-refractivity contribution >= 4 is 5.91 Å². The minimum absolute atomic E-state index is 0.0354. The molecule has 2 aromatic carbocycles. The van der Waals surface area contributed by atoms with Crippen molar-refractivity contribution in [2.24, 2.45) is 5.92 Å². The molecule has 1 aliphatic rings. The molecule has 174 valence electrons. The van der Waals surface area contributed by atoms with Crippen LogP contribution < -0.4 is 5.32 Å². The molecule has 2 unspecified atom stereocenters. The molecule has 32 heavy (non-hydrogen) atoms. The highest BCUT2D eigenvalue weighted by atomic mass is 16.3. The molecule has 1 amide bonds. The maximum atomic E-state index is 13.1. The molecule has 0 saturated carbocycles. The van der Waals surface area contributed by atoms with Crippen molar-refractivity contribution in [1.29, 1.82) is 0 Å². The van der Waals surface area contributed by atoms with Gasteiger partial charge >= 0.3 is 0 Å². The van der Waals surface area contributed by atoms with E-state index in [1.165, 1.54) is 11.1 Å². The summed E-state index contributed by atoms with van der Waals surface area (Å²) in [5.41, 5.74) is 2.73. The van der Waals surface area contributed by atoms with Crippen LogP contribution in [0.15, 0.2) is 60.7 Å². The number of amides is 1. The summed E-state index contributed by atoms with van der Waals surface area (Å²) in [6.45, 7) is 4.21. The van der Waals surface area contributed by atoms with E-state index in [1.54, 1.807) is 0 Å². The number of hydrogen-bond acceptors (Lipinski definition) is 3. The number of aliphatic hydroxyl groups excluding tert-OH is 1. The summed E-state index contributed by atoms with van der Waals surface area (Å²) >= 11 is 0. The highest BCUT2D eigenvalue weighted by Gasteiger charge is 2.27. The third kappa shape index (κ3) is 8.76. The monoisotopic (exact) mass is 436 g/mol. The van der Waals surface area contributed by atoms with Gasteiger partial charge in [0.15, 0.2) is 0 Å². The number of carbonyl (C=O) groups excluding carboxylic acids is 1. The molecule has 2 atom stereocenters. The van der Waals surface area contributed by atoms with Gasteiger partial charge in [-0.3, -0.25) is 9.69 Å². The molecule has 1 aliphatic heterocycles. The van der Waals surface area contributed by atoms with Crippen LogP contribution in [-0.2, 0) is 17.6 Å². The first-order valence-corrected chi connectivity index (χ1v) is 12.4. The third-order valence-corrected chi connectivity index (χ3v) is 6.47. The summed E-state index contributed by atoms with van der Waals surface area (Å²) < 4.78 is 0. The molecule has 1 fully saturated rings. The molecule has 1 heterocycles. The van der Waals surface area contributed by atoms with Crippen LogP contribution >= 0.6 is 0 Å². The Kier molecular flexibility index (Phi) is 10.2. The second-order valence-corrected chi connectivity index (χ2v) is 9.41. The van der Waals surface area contributed by atoms with Gasteiger partial charge < -0.3 is 10.4 Å². The van der Waals surface area contributed by atoms with Crippen molar-refractivity contribution in [2.45, 2.75) is 70.4 Å². The van der Waals surface area contributed by atoms with E-state index in [4.69, 9.17) is 0 Å². The zero-order chi connectivity index (χ0) is 22.6. The lowest BCUT2D eigenvalue weighted by Gasteiger charge is -2.33. The van der Waals surface area contributed by atoms with Gasteiger partial charge in [0, 0.05) is 19.1 Å². The lowest BCUT2D eigenvalue weighted by atomic mass is 9.94. The van der Waals surface area contributed by atoms with Gasteiger partial charge in [-0.2, -0.15) is 0 Å². The fourth-order valence-corrected chi connectivity index (χ4v) is 4.81. The predicted molar refractivity (Wildman–Crippen MR) is 132 cm³/mol. The molecule has 0 aromatic heterocycles. The predicted octanol–water partition coefficient (Wildman–Crippen LogP) is 4.61. The van der Waals surface area contributed by atoms with Gasteiger partial charge in [-0.05, 0) is 76.0 Å². The van der Waals surface area contributed by atoms with Crippen molar-refractivity contribution in [3.05, 3.63) is 71.8 Å². The molecule has 2 aromatic rings. The van der Waals surface area contributed by atoms with Gasteiger partial charge in [0.2, 0.25) is 5.91 Å². The maximum Gasteiger partial charge on any atom is 0.224 e. The van der Waals surface area contributed by atoms with Gasteiger partial charge in [0.25, 0.3) is 0 Å². The quantitative estimate of drug-likeness (QED) is 0.511. The van der Waals surface area contributed by atoms with Gasteiger partial charge in [0.05, 0.1) is 12.0 Å². The summed E-state index contributed by atoms with van der Waals surface area (Å²) in [6.07, 6.45) is 7.92. The van der Waals surface area contributed by atoms with E-state index in [1.807, 2.05) is 6.92 Å². The van der Waals surface area contributed by atoms with Crippen LogP contribution in [0.4, 0.5) is 0 Å². The van der Waals surface area contributed by atoms with Crippen molar-refractivity contribution in [2.75, 3.05) is 19.6 Å². The number of nitrogens with one attached hydrogen (secondary N) is 1. The molecule has 3 rings (SSSR count). The highest BCUT2D eigenvalue weighted by molar-refractivity contribution is 5.79. The van der Waals surface area contributed by atoms with Crippen LogP contribution in [0.25, 0.3) is 0 Å². The number of nitrogens with zero attached hydrogens (tertiary/aromatic N) is 1. The molecule has 1 saturated heterocycles. The number of aliphatic hydroxyl groups is 1. The normalized spacial score (nSPS) is 17.9. The Morgan fingerprint density at radius 1 is 1.00 bits per heavy atom. The number of rotatable bonds is 12. The fourth-order valence-electron chi connectivity index (χ4n) is 4.81. The van der Waals surface area contributed by atoms with Gasteiger partial charge in [0.1, 0.15) is 0 Å². The minimum Gasteiger partial charge on any atom is -0.392 e. The Hall–Kier alpha value is -2.17. The molecule has 4 heteroatoms. The maximum absolute atomic E-state index is 13.1. The number of β-amino-alcohol motifs (C(OH)–C–C–N with tert-alkyl or cyclic N) is 1. The van der Waals surface area contributed by atoms with Gasteiger partial charge in [-0.1, -0.05) is 60.7 Å². The summed E-state index contributed by atoms with van der Waals surface area (Å²) in [5.74, 6) is 0.234. The van der Waals surface area contributed by atoms with Crippen LogP contribution in [0.1, 0.15) is 56.6 Å². The number of likely N-dealkylation sites (tertiary alicyclic amines) is 1. The van der Waals surface area contributed by atoms with Crippen molar-refractivity contribution in [1.82, 2.24) is 10.2 Å². The standard InChI is InChI=1S/C28H40N2O2/c1-23(31)21-30-20-10-17-26(22-30)28(32)29-27(18-8-15-24-11-4-2-5-12-24)19-9-16-25-13-6-3-7-14-25/h2-7,11-14,23,26-27,31H,8-10,15-22H2,1H3,(H,29,32). The Labute approximate surface area is 194 Å². The van der Waals surface area contributed by atoms with Crippen LogP contribution in [0, 0.1) is 5.92 Å². The van der Waals surface area contributed by atoms with E-state index in [9.17, 15) is 9.90 Å². The topological polar surface area (TPSA) is 52.6 Å². The average molecular weight is 437 g/mol. The van der Waals surface area contributed by atoms with E-state index < -0.39 is 0 Å². The van der Waals surface area contributed by atoms with Crippen LogP contribution in [0.3, 0.4) is 0 Å². The van der Waals surface area contributed by atoms with Gasteiger partial charge in [-0.15, -0.1) is 0 Å². The van der Waals surface area contributed by atoms with Crippen molar-refractivity contribution in [3.8, 4) is 0 Å². The Balaban J connectivity index is 1.51. The summed E-state index contributed by atoms with van der Waals surface area (Å²) in [7, 11) is 0. The number of hydrogen-bond donors (Lipinski definition) is 2. The molecule has 0 aliphatic carbocycles. The molecule has 0 radical (unpaired) electrons. The summed E-state index contributed by atoms with van der Waals surface area (Å²) in [5, 5.41) is 13.1. The molecular weight excluding hydrogens is 396 g/mol. The van der Waals surface area contributed by atoms with E-state index in [0.29, 0.717) is 6.54 Å². The van der Waals surface area contributed by atoms with Crippen molar-refractivity contribution in [3.63, 3.8) is 0 Å². The fraction of sp³-hybridized carbons (Fsp3) is 0.536. The number of piperidine rings is 1. The second-order valence-electron chi connectivity index (χ2n) is 9.41. The molecular formula is C28H40N2O2. The van der Waals surface area contributed by atoms with Crippen LogP contribution in [0.5, 0.6) is 0 Å². The first kappa shape index (κ1) is 24.5. The molecule has 0 bridgehead atoms. The summed E-state index contributed by atoms with van der Waals surface area (Å²) in [6, 6.07) is 21.4. The van der Waals surface area contributed by atoms with E-state index >= 15 is 0 Å². The molecule has 2 N–H and O–H groups in total. The van der Waals surface area contributed by atoms with Gasteiger partial charge in [-0.25, -0.2) is 0 Å². The average Bonchev–Trinajstić information content (AvgIpc) is 2.80. The molecule has 0 spiro atoms. The third-order valence-electron chi connectivity index (χ3n) is 6.47. The number of aryl methyl sites for hydroxylation is 2. The van der Waals surface area contributed by atoms with Crippen molar-refractivity contribution < 1.29 is 9.90 Å². The second kappa shape index (κ2) is 13.4. The Morgan fingerprint density at radius 2 is 1.56 bits per heavy atom. The Morgan fingerprint density at radius 3 is 2.09 bits per heavy atom. The lowest BCUT2D eigenvalue weighted by molar-refractivity contribution is -0.127. The highest BCUT2D eigenvalue weighted by Crippen LogP contribution is 2.19. The summed E-state index contributed by atoms with van der Waals surface area (Å²) in [4.78, 5) is 15.3. The SMILES string of the molecule is CC(O)CN1CCCC(C(=O)NC(CCCc2ccccc2)CCCc2ccccc2)C1. The number of carbonyl (C=O) groups is 1. The zero-order valence-corrected chi connectivity index (χ0v) is 19.6. The van der Waals surface area contributed by atoms with E-state index in [-0.39, 0.29) is 24.0 Å². The Bertz CT molecular complexity index is 733. The van der Waals surface area contributed by atoms with Crippen LogP contribution in [-0.4, -0.2) is 47.7 Å². The largest absolute Gasteiger partial charge is 0.392 e.